The van der Waals surface area contributed by atoms with Gasteiger partial charge in [0.2, 0.25) is 0 Å². The third-order valence-electron chi connectivity index (χ3n) is 3.49. The first kappa shape index (κ1) is 15.2. The molecule has 0 spiro atoms. The Balaban J connectivity index is 2.08. The first-order chi connectivity index (χ1) is 11.0. The topological polar surface area (TPSA) is 46.6 Å². The van der Waals surface area contributed by atoms with Crippen molar-refractivity contribution in [2.45, 2.75) is 0 Å². The van der Waals surface area contributed by atoms with Crippen LogP contribution in [0.3, 0.4) is 0 Å². The van der Waals surface area contributed by atoms with Crippen LogP contribution in [0.25, 0.3) is 5.57 Å². The molecule has 1 heterocycles. The molecule has 0 aromatic heterocycles. The van der Waals surface area contributed by atoms with Crippen LogP contribution in [-0.4, -0.2) is 18.9 Å². The number of para-hydroxylation sites is 1. The van der Waals surface area contributed by atoms with Gasteiger partial charge >= 0.3 is 0 Å². The van der Waals surface area contributed by atoms with Crippen LogP contribution in [0.4, 0.5) is 10.1 Å². The summed E-state index contributed by atoms with van der Waals surface area (Å²) in [6.07, 6.45) is 0. The van der Waals surface area contributed by atoms with Gasteiger partial charge in [0.05, 0.1) is 18.4 Å². The van der Waals surface area contributed by atoms with E-state index in [1.165, 1.54) is 31.4 Å². The molecule has 6 heteroatoms. The Morgan fingerprint density at radius 2 is 1.65 bits per heavy atom. The number of carbonyl (C=O) groups excluding carboxylic acids is 2. The molecule has 0 bridgehead atoms. The lowest BCUT2D eigenvalue weighted by Gasteiger charge is -2.15. The summed E-state index contributed by atoms with van der Waals surface area (Å²) in [5.41, 5.74) is 0.755. The summed E-state index contributed by atoms with van der Waals surface area (Å²) in [5, 5.41) is -0.191. The van der Waals surface area contributed by atoms with Gasteiger partial charge in [-0.05, 0) is 30.3 Å². The van der Waals surface area contributed by atoms with E-state index in [0.29, 0.717) is 11.3 Å². The number of hydrogen-bond acceptors (Lipinski definition) is 3. The van der Waals surface area contributed by atoms with Gasteiger partial charge in [-0.2, -0.15) is 0 Å². The van der Waals surface area contributed by atoms with Crippen molar-refractivity contribution in [2.24, 2.45) is 0 Å². The molecule has 0 N–H and O–H groups in total. The monoisotopic (exact) mass is 331 g/mol. The van der Waals surface area contributed by atoms with E-state index in [9.17, 15) is 14.0 Å². The number of carbonyl (C=O) groups is 2. The predicted octanol–water partition coefficient (Wildman–Crippen LogP) is 3.36. The van der Waals surface area contributed by atoms with E-state index in [1.807, 2.05) is 0 Å². The van der Waals surface area contributed by atoms with Crippen LogP contribution < -0.4 is 9.64 Å². The first-order valence-electron chi connectivity index (χ1n) is 6.72. The van der Waals surface area contributed by atoms with E-state index in [2.05, 4.69) is 0 Å². The van der Waals surface area contributed by atoms with E-state index in [-0.39, 0.29) is 16.3 Å². The number of anilines is 1. The van der Waals surface area contributed by atoms with E-state index in [1.54, 1.807) is 24.3 Å². The summed E-state index contributed by atoms with van der Waals surface area (Å²) in [6.45, 7) is 0. The van der Waals surface area contributed by atoms with E-state index >= 15 is 0 Å². The maximum absolute atomic E-state index is 13.0. The fraction of sp³-hybridized carbons (Fsp3) is 0.0588. The smallest absolute Gasteiger partial charge is 0.277 e. The maximum atomic E-state index is 13.0. The number of rotatable bonds is 3. The molecular weight excluding hydrogens is 321 g/mol. The lowest BCUT2D eigenvalue weighted by molar-refractivity contribution is -0.119. The molecule has 0 saturated heterocycles. The van der Waals surface area contributed by atoms with Gasteiger partial charge in [-0.1, -0.05) is 29.8 Å². The highest BCUT2D eigenvalue weighted by molar-refractivity contribution is 6.60. The van der Waals surface area contributed by atoms with Crippen molar-refractivity contribution < 1.29 is 18.7 Å². The molecular formula is C17H11ClFNO3. The van der Waals surface area contributed by atoms with Gasteiger partial charge in [-0.3, -0.25) is 9.59 Å². The van der Waals surface area contributed by atoms with Gasteiger partial charge in [0.25, 0.3) is 11.8 Å². The fourth-order valence-electron chi connectivity index (χ4n) is 2.41. The van der Waals surface area contributed by atoms with Crippen LogP contribution in [-0.2, 0) is 9.59 Å². The van der Waals surface area contributed by atoms with Gasteiger partial charge < -0.3 is 4.74 Å². The Hall–Kier alpha value is -2.66. The predicted molar refractivity (Wildman–Crippen MR) is 84.7 cm³/mol. The van der Waals surface area contributed by atoms with Crippen LogP contribution in [0, 0.1) is 5.82 Å². The summed E-state index contributed by atoms with van der Waals surface area (Å²) in [6, 6.07) is 11.8. The highest BCUT2D eigenvalue weighted by Crippen LogP contribution is 2.38. The minimum absolute atomic E-state index is 0.0680. The highest BCUT2D eigenvalue weighted by atomic mass is 35.5. The van der Waals surface area contributed by atoms with Crippen LogP contribution in [0.5, 0.6) is 5.75 Å². The van der Waals surface area contributed by atoms with Crippen LogP contribution in [0.15, 0.2) is 53.6 Å². The Kier molecular flexibility index (Phi) is 3.88. The number of methoxy groups -OCH3 is 1. The molecule has 0 radical (unpaired) electrons. The van der Waals surface area contributed by atoms with Crippen molar-refractivity contribution >= 4 is 34.7 Å². The molecule has 0 aliphatic carbocycles. The largest absolute Gasteiger partial charge is 0.496 e. The zero-order chi connectivity index (χ0) is 16.6. The number of nitrogens with zero attached hydrogens (tertiary/aromatic N) is 1. The first-order valence-corrected chi connectivity index (χ1v) is 7.10. The lowest BCUT2D eigenvalue weighted by Crippen LogP contribution is -2.31. The lowest BCUT2D eigenvalue weighted by atomic mass is 10.1. The number of hydrogen-bond donors (Lipinski definition) is 0. The molecule has 0 atom stereocenters. The molecule has 2 amide bonds. The molecule has 3 rings (SSSR count). The highest BCUT2D eigenvalue weighted by Gasteiger charge is 2.40. The minimum atomic E-state index is -0.649. The van der Waals surface area contributed by atoms with Gasteiger partial charge in [0, 0.05) is 5.56 Å². The summed E-state index contributed by atoms with van der Waals surface area (Å²) < 4.78 is 18.3. The molecule has 1 aliphatic rings. The fourth-order valence-corrected chi connectivity index (χ4v) is 2.68. The second-order valence-corrected chi connectivity index (χ2v) is 5.19. The molecule has 0 unspecified atom stereocenters. The molecule has 23 heavy (non-hydrogen) atoms. The number of halogens is 2. The van der Waals surface area contributed by atoms with Crippen LogP contribution >= 0.6 is 11.6 Å². The number of imide groups is 1. The summed E-state index contributed by atoms with van der Waals surface area (Å²) in [7, 11) is 1.46. The molecule has 4 nitrogen and oxygen atoms in total. The third kappa shape index (κ3) is 2.49. The van der Waals surface area contributed by atoms with Gasteiger partial charge in [0.1, 0.15) is 16.6 Å². The quantitative estimate of drug-likeness (QED) is 0.810. The Bertz CT molecular complexity index is 830. The molecule has 0 saturated carbocycles. The summed E-state index contributed by atoms with van der Waals surface area (Å²) in [5.74, 6) is -1.25. The van der Waals surface area contributed by atoms with E-state index in [0.717, 1.165) is 4.90 Å². The number of amides is 2. The molecule has 1 aliphatic heterocycles. The van der Waals surface area contributed by atoms with Crippen molar-refractivity contribution in [1.29, 1.82) is 0 Å². The second kappa shape index (κ2) is 5.85. The van der Waals surface area contributed by atoms with Crippen molar-refractivity contribution in [1.82, 2.24) is 0 Å². The van der Waals surface area contributed by atoms with Crippen LogP contribution in [0.2, 0.25) is 0 Å². The average Bonchev–Trinajstić information content (AvgIpc) is 2.78. The summed E-state index contributed by atoms with van der Waals surface area (Å²) >= 11 is 6.10. The third-order valence-corrected chi connectivity index (χ3v) is 3.84. The van der Waals surface area contributed by atoms with Gasteiger partial charge in [0.15, 0.2) is 0 Å². The molecule has 116 valence electrons. The normalized spacial score (nSPS) is 14.7. The Morgan fingerprint density at radius 1 is 1.00 bits per heavy atom. The average molecular weight is 332 g/mol. The minimum Gasteiger partial charge on any atom is -0.496 e. The zero-order valence-electron chi connectivity index (χ0n) is 12.0. The molecule has 0 fully saturated rings. The van der Waals surface area contributed by atoms with Crippen LogP contribution in [0.1, 0.15) is 5.56 Å². The van der Waals surface area contributed by atoms with Crippen molar-refractivity contribution in [2.75, 3.05) is 12.0 Å². The second-order valence-electron chi connectivity index (χ2n) is 4.81. The maximum Gasteiger partial charge on any atom is 0.277 e. The Labute approximate surface area is 136 Å². The van der Waals surface area contributed by atoms with E-state index in [4.69, 9.17) is 16.3 Å². The van der Waals surface area contributed by atoms with Gasteiger partial charge in [-0.25, -0.2) is 9.29 Å². The van der Waals surface area contributed by atoms with Gasteiger partial charge in [-0.15, -0.1) is 0 Å². The van der Waals surface area contributed by atoms with E-state index < -0.39 is 17.6 Å². The molecule has 2 aromatic carbocycles. The molecule has 2 aromatic rings. The number of ether oxygens (including phenoxy) is 1. The van der Waals surface area contributed by atoms with Crippen molar-refractivity contribution in [3.8, 4) is 5.75 Å². The Morgan fingerprint density at radius 3 is 2.30 bits per heavy atom. The standard InChI is InChI=1S/C17H11ClFNO3/c1-23-13-5-3-2-4-12(13)14-15(18)17(22)20(16(14)21)11-8-6-10(19)7-9-11/h2-9H,1H3. The van der Waals surface area contributed by atoms with Crippen molar-refractivity contribution in [3.63, 3.8) is 0 Å². The zero-order valence-corrected chi connectivity index (χ0v) is 12.8. The number of benzene rings is 2. The van der Waals surface area contributed by atoms with Crippen molar-refractivity contribution in [3.05, 3.63) is 64.9 Å². The SMILES string of the molecule is COc1ccccc1C1=C(Cl)C(=O)N(c2ccc(F)cc2)C1=O. The summed E-state index contributed by atoms with van der Waals surface area (Å²) in [4.78, 5) is 26.0.